The van der Waals surface area contributed by atoms with Crippen molar-refractivity contribution in [3.63, 3.8) is 0 Å². The molecule has 1 N–H and O–H groups in total. The van der Waals surface area contributed by atoms with Gasteiger partial charge in [-0.1, -0.05) is 12.1 Å². The number of hydrogen-bond acceptors (Lipinski definition) is 4. The van der Waals surface area contributed by atoms with Gasteiger partial charge in [-0.2, -0.15) is 0 Å². The molecule has 24 heavy (non-hydrogen) atoms. The van der Waals surface area contributed by atoms with Gasteiger partial charge in [0.25, 0.3) is 5.91 Å². The van der Waals surface area contributed by atoms with E-state index < -0.39 is 6.10 Å². The van der Waals surface area contributed by atoms with Crippen molar-refractivity contribution in [2.24, 2.45) is 0 Å². The average molecular weight is 324 g/mol. The van der Waals surface area contributed by atoms with E-state index in [1.807, 2.05) is 30.3 Å². The highest BCUT2D eigenvalue weighted by Gasteiger charge is 2.27. The maximum absolute atomic E-state index is 12.4. The van der Waals surface area contributed by atoms with Crippen LogP contribution in [0.3, 0.4) is 0 Å². The minimum absolute atomic E-state index is 0.196. The largest absolute Gasteiger partial charge is 0.485 e. The Kier molecular flexibility index (Phi) is 3.99. The van der Waals surface area contributed by atoms with Crippen LogP contribution in [0.25, 0.3) is 0 Å². The molecule has 1 fully saturated rings. The number of nitrogens with one attached hydrogen (secondary N) is 1. The normalized spacial score (nSPS) is 19.2. The number of amides is 1. The monoisotopic (exact) mass is 324 g/mol. The van der Waals surface area contributed by atoms with Gasteiger partial charge in [0, 0.05) is 24.5 Å². The van der Waals surface area contributed by atoms with E-state index in [2.05, 4.69) is 22.3 Å². The Hall–Kier alpha value is -2.69. The van der Waals surface area contributed by atoms with Gasteiger partial charge in [0.05, 0.1) is 0 Å². The Labute approximate surface area is 141 Å². The smallest absolute Gasteiger partial charge is 0.269 e. The molecule has 124 valence electrons. The molecule has 4 rings (SSSR count). The number of nitrogens with zero attached hydrogens (tertiary/aromatic N) is 1. The fourth-order valence-corrected chi connectivity index (χ4v) is 3.10. The van der Waals surface area contributed by atoms with E-state index >= 15 is 0 Å². The second-order valence-corrected chi connectivity index (χ2v) is 6.09. The summed E-state index contributed by atoms with van der Waals surface area (Å²) in [6.07, 6.45) is 1.86. The molecule has 5 nitrogen and oxygen atoms in total. The highest BCUT2D eigenvalue weighted by Crippen LogP contribution is 2.31. The Morgan fingerprint density at radius 1 is 1.00 bits per heavy atom. The molecule has 0 radical (unpaired) electrons. The zero-order valence-electron chi connectivity index (χ0n) is 13.4. The SMILES string of the molecule is O=C(Nc1ccc(N2CCCC2)cc1)[C@@H]1COc2ccccc2O1. The maximum atomic E-state index is 12.4. The Bertz CT molecular complexity index is 724. The predicted octanol–water partition coefficient (Wildman–Crippen LogP) is 3.07. The molecule has 0 unspecified atom stereocenters. The van der Waals surface area contributed by atoms with E-state index in [0.717, 1.165) is 18.8 Å². The van der Waals surface area contributed by atoms with Crippen LogP contribution in [0.5, 0.6) is 11.5 Å². The molecular formula is C19H20N2O3. The van der Waals surface area contributed by atoms with E-state index in [-0.39, 0.29) is 12.5 Å². The summed E-state index contributed by atoms with van der Waals surface area (Å²) in [4.78, 5) is 14.8. The number of hydrogen-bond donors (Lipinski definition) is 1. The topological polar surface area (TPSA) is 50.8 Å². The quantitative estimate of drug-likeness (QED) is 0.943. The summed E-state index contributed by atoms with van der Waals surface area (Å²) in [5.41, 5.74) is 1.97. The fourth-order valence-electron chi connectivity index (χ4n) is 3.10. The molecule has 0 spiro atoms. The Morgan fingerprint density at radius 2 is 1.71 bits per heavy atom. The molecule has 2 aromatic carbocycles. The summed E-state index contributed by atoms with van der Waals surface area (Å²) in [7, 11) is 0. The van der Waals surface area contributed by atoms with Gasteiger partial charge in [-0.15, -0.1) is 0 Å². The Balaban J connectivity index is 1.39. The van der Waals surface area contributed by atoms with Crippen LogP contribution in [-0.4, -0.2) is 31.7 Å². The average Bonchev–Trinajstić information content (AvgIpc) is 3.16. The number of benzene rings is 2. The maximum Gasteiger partial charge on any atom is 0.269 e. The van der Waals surface area contributed by atoms with Gasteiger partial charge in [0.1, 0.15) is 6.61 Å². The number of carbonyl (C=O) groups excluding carboxylic acids is 1. The van der Waals surface area contributed by atoms with Crippen LogP contribution in [0.4, 0.5) is 11.4 Å². The molecule has 2 aliphatic rings. The lowest BCUT2D eigenvalue weighted by Crippen LogP contribution is -2.40. The first-order chi connectivity index (χ1) is 11.8. The summed E-state index contributed by atoms with van der Waals surface area (Å²) in [6, 6.07) is 15.3. The number of ether oxygens (including phenoxy) is 2. The van der Waals surface area contributed by atoms with Crippen LogP contribution >= 0.6 is 0 Å². The van der Waals surface area contributed by atoms with Crippen molar-refractivity contribution >= 4 is 17.3 Å². The van der Waals surface area contributed by atoms with Crippen molar-refractivity contribution in [1.29, 1.82) is 0 Å². The first-order valence-corrected chi connectivity index (χ1v) is 8.34. The number of para-hydroxylation sites is 2. The van der Waals surface area contributed by atoms with E-state index in [1.54, 1.807) is 6.07 Å². The Morgan fingerprint density at radius 3 is 2.46 bits per heavy atom. The lowest BCUT2D eigenvalue weighted by atomic mass is 10.2. The minimum Gasteiger partial charge on any atom is -0.485 e. The molecule has 1 atom stereocenters. The minimum atomic E-state index is -0.641. The summed E-state index contributed by atoms with van der Waals surface area (Å²) in [6.45, 7) is 2.44. The molecular weight excluding hydrogens is 304 g/mol. The third-order valence-corrected chi connectivity index (χ3v) is 4.41. The highest BCUT2D eigenvalue weighted by molar-refractivity contribution is 5.94. The van der Waals surface area contributed by atoms with Crippen LogP contribution < -0.4 is 19.7 Å². The molecule has 0 aliphatic carbocycles. The molecule has 2 heterocycles. The zero-order chi connectivity index (χ0) is 16.4. The van der Waals surface area contributed by atoms with Crippen LogP contribution in [-0.2, 0) is 4.79 Å². The number of fused-ring (bicyclic) bond motifs is 1. The van der Waals surface area contributed by atoms with Crippen molar-refractivity contribution in [2.45, 2.75) is 18.9 Å². The van der Waals surface area contributed by atoms with Crippen molar-refractivity contribution in [2.75, 3.05) is 29.9 Å². The van der Waals surface area contributed by atoms with Gasteiger partial charge in [-0.3, -0.25) is 4.79 Å². The van der Waals surface area contributed by atoms with Gasteiger partial charge < -0.3 is 19.7 Å². The first kappa shape index (κ1) is 14.9. The van der Waals surface area contributed by atoms with Gasteiger partial charge in [0.2, 0.25) is 6.10 Å². The fraction of sp³-hybridized carbons (Fsp3) is 0.316. The lowest BCUT2D eigenvalue weighted by molar-refractivity contribution is -0.125. The summed E-state index contributed by atoms with van der Waals surface area (Å²) < 4.78 is 11.3. The molecule has 5 heteroatoms. The van der Waals surface area contributed by atoms with Crippen molar-refractivity contribution in [3.8, 4) is 11.5 Å². The number of carbonyl (C=O) groups is 1. The van der Waals surface area contributed by atoms with E-state index in [1.165, 1.54) is 18.5 Å². The molecule has 1 saturated heterocycles. The zero-order valence-corrected chi connectivity index (χ0v) is 13.4. The van der Waals surface area contributed by atoms with E-state index in [0.29, 0.717) is 11.5 Å². The van der Waals surface area contributed by atoms with Crippen molar-refractivity contribution in [1.82, 2.24) is 0 Å². The summed E-state index contributed by atoms with van der Waals surface area (Å²) >= 11 is 0. The predicted molar refractivity (Wildman–Crippen MR) is 92.9 cm³/mol. The first-order valence-electron chi connectivity index (χ1n) is 8.34. The lowest BCUT2D eigenvalue weighted by Gasteiger charge is -2.25. The summed E-state index contributed by atoms with van der Waals surface area (Å²) in [5.74, 6) is 1.09. The molecule has 2 aliphatic heterocycles. The van der Waals surface area contributed by atoms with Gasteiger partial charge in [-0.05, 0) is 49.2 Å². The van der Waals surface area contributed by atoms with Crippen molar-refractivity contribution in [3.05, 3.63) is 48.5 Å². The molecule has 0 saturated carbocycles. The number of rotatable bonds is 3. The van der Waals surface area contributed by atoms with Gasteiger partial charge in [-0.25, -0.2) is 0 Å². The van der Waals surface area contributed by atoms with Crippen LogP contribution in [0.2, 0.25) is 0 Å². The second-order valence-electron chi connectivity index (χ2n) is 6.09. The third-order valence-electron chi connectivity index (χ3n) is 4.41. The number of anilines is 2. The van der Waals surface area contributed by atoms with E-state index in [4.69, 9.17) is 9.47 Å². The molecule has 1 amide bonds. The molecule has 0 bridgehead atoms. The standard InChI is InChI=1S/C19H20N2O3/c22-19(18-13-23-16-5-1-2-6-17(16)24-18)20-14-7-9-15(10-8-14)21-11-3-4-12-21/h1-2,5-10,18H,3-4,11-13H2,(H,20,22)/t18-/m0/s1. The third kappa shape index (κ3) is 3.02. The van der Waals surface area contributed by atoms with Crippen LogP contribution in [0.1, 0.15) is 12.8 Å². The second kappa shape index (κ2) is 6.43. The van der Waals surface area contributed by atoms with Gasteiger partial charge in [0.15, 0.2) is 11.5 Å². The molecule has 2 aromatic rings. The summed E-state index contributed by atoms with van der Waals surface area (Å²) in [5, 5.41) is 2.90. The highest BCUT2D eigenvalue weighted by atomic mass is 16.6. The van der Waals surface area contributed by atoms with Gasteiger partial charge >= 0.3 is 0 Å². The molecule has 0 aromatic heterocycles. The van der Waals surface area contributed by atoms with Crippen molar-refractivity contribution < 1.29 is 14.3 Å². The van der Waals surface area contributed by atoms with Crippen LogP contribution in [0.15, 0.2) is 48.5 Å². The van der Waals surface area contributed by atoms with E-state index in [9.17, 15) is 4.79 Å². The van der Waals surface area contributed by atoms with Crippen LogP contribution in [0, 0.1) is 0 Å².